The Bertz CT molecular complexity index is 485. The number of imidazole rings is 1. The van der Waals surface area contributed by atoms with Gasteiger partial charge in [-0.15, -0.1) is 0 Å². The van der Waals surface area contributed by atoms with Crippen LogP contribution in [0.25, 0.3) is 0 Å². The summed E-state index contributed by atoms with van der Waals surface area (Å²) in [6.45, 7) is 10.3. The summed E-state index contributed by atoms with van der Waals surface area (Å²) >= 11 is 0. The molecule has 16 heavy (non-hydrogen) atoms. The molecule has 0 fully saturated rings. The molecule has 0 spiro atoms. The molecule has 0 aliphatic carbocycles. The average Bonchev–Trinajstić information content (AvgIpc) is 2.47. The second kappa shape index (κ2) is 3.68. The molecule has 0 amide bonds. The Morgan fingerprint density at radius 2 is 1.88 bits per heavy atom. The van der Waals surface area contributed by atoms with Crippen LogP contribution in [0.15, 0.2) is 12.4 Å². The van der Waals surface area contributed by atoms with Crippen LogP contribution < -0.4 is 5.45 Å². The predicted octanol–water partition coefficient (Wildman–Crippen LogP) is 1.25. The molecule has 0 aliphatic heterocycles. The van der Waals surface area contributed by atoms with Gasteiger partial charge < -0.3 is 0 Å². The Labute approximate surface area is 97.4 Å². The van der Waals surface area contributed by atoms with Crippen LogP contribution in [0.3, 0.4) is 0 Å². The van der Waals surface area contributed by atoms with Crippen molar-refractivity contribution in [3.05, 3.63) is 12.4 Å². The Hall–Kier alpha value is -0.663. The molecule has 0 saturated heterocycles. The minimum Gasteiger partial charge on any atom is -0.269 e. The molecule has 0 saturated carbocycles. The van der Waals surface area contributed by atoms with Crippen LogP contribution in [0.1, 0.15) is 20.8 Å². The first-order valence-electron chi connectivity index (χ1n) is 5.00. The molecular formula is C9H18N2O3SSi. The van der Waals surface area contributed by atoms with Gasteiger partial charge >= 0.3 is 10.3 Å². The standard InChI is InChI=1S/C9H18N2O3SSi/c1-9(2,3)16(4,5)8-10-6-7-11(8)15(12,13)14/h6-7H,1-5H3,(H,12,13,14). The molecule has 92 valence electrons. The summed E-state index contributed by atoms with van der Waals surface area (Å²) in [7, 11) is -6.32. The SMILES string of the molecule is CC(C)(C)[Si](C)(C)c1nccn1S(=O)(=O)O. The minimum absolute atomic E-state index is 0.0409. The molecule has 0 radical (unpaired) electrons. The van der Waals surface area contributed by atoms with E-state index in [9.17, 15) is 8.42 Å². The number of nitrogens with zero attached hydrogens (tertiary/aromatic N) is 2. The van der Waals surface area contributed by atoms with Crippen molar-refractivity contribution in [2.45, 2.75) is 38.9 Å². The van der Waals surface area contributed by atoms with Gasteiger partial charge in [-0.2, -0.15) is 8.42 Å². The lowest BCUT2D eigenvalue weighted by molar-refractivity contribution is 0.473. The third-order valence-electron chi connectivity index (χ3n) is 3.29. The highest BCUT2D eigenvalue weighted by molar-refractivity contribution is 7.84. The van der Waals surface area contributed by atoms with E-state index in [-0.39, 0.29) is 5.04 Å². The molecule has 1 aromatic rings. The van der Waals surface area contributed by atoms with Crippen LogP contribution >= 0.6 is 0 Å². The first-order chi connectivity index (χ1) is 6.98. The maximum atomic E-state index is 11.2. The second-order valence-corrected chi connectivity index (χ2v) is 11.9. The van der Waals surface area contributed by atoms with Gasteiger partial charge in [-0.25, -0.2) is 8.96 Å². The molecular weight excluding hydrogens is 244 g/mol. The van der Waals surface area contributed by atoms with Crippen LogP contribution in [0.4, 0.5) is 0 Å². The van der Waals surface area contributed by atoms with E-state index >= 15 is 0 Å². The summed E-state index contributed by atoms with van der Waals surface area (Å²) in [5.41, 5.74) is 0.475. The largest absolute Gasteiger partial charge is 0.364 e. The van der Waals surface area contributed by atoms with Crippen molar-refractivity contribution in [3.8, 4) is 0 Å². The predicted molar refractivity (Wildman–Crippen MR) is 66.0 cm³/mol. The van der Waals surface area contributed by atoms with Gasteiger partial charge in [0.15, 0.2) is 0 Å². The highest BCUT2D eigenvalue weighted by atomic mass is 32.2. The first kappa shape index (κ1) is 13.4. The van der Waals surface area contributed by atoms with Gasteiger partial charge in [-0.05, 0) is 5.04 Å². The molecule has 0 bridgehead atoms. The van der Waals surface area contributed by atoms with Gasteiger partial charge in [0, 0.05) is 12.4 Å². The van der Waals surface area contributed by atoms with Crippen molar-refractivity contribution in [3.63, 3.8) is 0 Å². The summed E-state index contributed by atoms with van der Waals surface area (Å²) in [4.78, 5) is 4.11. The summed E-state index contributed by atoms with van der Waals surface area (Å²) in [5.74, 6) is 0. The van der Waals surface area contributed by atoms with E-state index in [1.807, 2.05) is 13.1 Å². The van der Waals surface area contributed by atoms with E-state index in [1.165, 1.54) is 12.4 Å². The van der Waals surface area contributed by atoms with Crippen molar-refractivity contribution in [2.24, 2.45) is 0 Å². The fourth-order valence-electron chi connectivity index (χ4n) is 1.25. The van der Waals surface area contributed by atoms with Crippen LogP contribution in [0.2, 0.25) is 18.1 Å². The third kappa shape index (κ3) is 2.21. The third-order valence-corrected chi connectivity index (χ3v) is 9.48. The zero-order valence-electron chi connectivity index (χ0n) is 10.2. The highest BCUT2D eigenvalue weighted by Gasteiger charge is 2.41. The van der Waals surface area contributed by atoms with E-state index in [0.29, 0.717) is 5.45 Å². The molecule has 0 atom stereocenters. The van der Waals surface area contributed by atoms with E-state index in [2.05, 4.69) is 25.8 Å². The van der Waals surface area contributed by atoms with Crippen LogP contribution in [0.5, 0.6) is 0 Å². The molecule has 0 aliphatic rings. The summed E-state index contributed by atoms with van der Waals surface area (Å²) in [6, 6.07) is 0. The Balaban J connectivity index is 3.42. The van der Waals surface area contributed by atoms with Crippen LogP contribution in [-0.2, 0) is 10.3 Å². The second-order valence-electron chi connectivity index (χ2n) is 5.40. The summed E-state index contributed by atoms with van der Waals surface area (Å²) < 4.78 is 32.4. The topological polar surface area (TPSA) is 72.2 Å². The van der Waals surface area contributed by atoms with Crippen LogP contribution in [-0.4, -0.2) is 30.0 Å². The molecule has 1 aromatic heterocycles. The quantitative estimate of drug-likeness (QED) is 0.643. The average molecular weight is 262 g/mol. The maximum Gasteiger partial charge on any atom is 0.364 e. The van der Waals surface area contributed by atoms with Crippen LogP contribution in [0, 0.1) is 0 Å². The number of hydrogen-bond donors (Lipinski definition) is 1. The summed E-state index contributed by atoms with van der Waals surface area (Å²) in [6.07, 6.45) is 2.69. The van der Waals surface area contributed by atoms with E-state index < -0.39 is 18.4 Å². The first-order valence-corrected chi connectivity index (χ1v) is 9.39. The minimum atomic E-state index is -4.24. The zero-order chi connectivity index (χ0) is 12.8. The lowest BCUT2D eigenvalue weighted by atomic mass is 10.2. The van der Waals surface area contributed by atoms with Gasteiger partial charge in [0.05, 0.1) is 0 Å². The number of rotatable bonds is 2. The molecule has 1 heterocycles. The van der Waals surface area contributed by atoms with Crippen molar-refractivity contribution in [1.82, 2.24) is 8.96 Å². The van der Waals surface area contributed by atoms with Crippen molar-refractivity contribution < 1.29 is 13.0 Å². The van der Waals surface area contributed by atoms with Gasteiger partial charge in [0.2, 0.25) is 0 Å². The smallest absolute Gasteiger partial charge is 0.269 e. The molecule has 0 aromatic carbocycles. The molecule has 1 N–H and O–H groups in total. The lowest BCUT2D eigenvalue weighted by Gasteiger charge is -2.35. The highest BCUT2D eigenvalue weighted by Crippen LogP contribution is 2.35. The lowest BCUT2D eigenvalue weighted by Crippen LogP contribution is -2.54. The molecule has 0 unspecified atom stereocenters. The normalized spacial score (nSPS) is 14.1. The van der Waals surface area contributed by atoms with Gasteiger partial charge in [-0.1, -0.05) is 33.9 Å². The van der Waals surface area contributed by atoms with E-state index in [4.69, 9.17) is 4.55 Å². The van der Waals surface area contributed by atoms with Gasteiger partial charge in [-0.3, -0.25) is 4.55 Å². The fraction of sp³-hybridized carbons (Fsp3) is 0.667. The monoisotopic (exact) mass is 262 g/mol. The van der Waals surface area contributed by atoms with Crippen molar-refractivity contribution >= 4 is 23.8 Å². The van der Waals surface area contributed by atoms with E-state index in [1.54, 1.807) is 0 Å². The zero-order valence-corrected chi connectivity index (χ0v) is 12.0. The number of aromatic nitrogens is 2. The van der Waals surface area contributed by atoms with Crippen molar-refractivity contribution in [1.29, 1.82) is 0 Å². The maximum absolute atomic E-state index is 11.2. The fourth-order valence-corrected chi connectivity index (χ4v) is 4.45. The summed E-state index contributed by atoms with van der Waals surface area (Å²) in [5, 5.41) is -0.0409. The Kier molecular flexibility index (Phi) is 3.08. The Morgan fingerprint density at radius 1 is 1.38 bits per heavy atom. The molecule has 1 rings (SSSR count). The van der Waals surface area contributed by atoms with Gasteiger partial charge in [0.25, 0.3) is 0 Å². The van der Waals surface area contributed by atoms with E-state index in [0.717, 1.165) is 3.97 Å². The Morgan fingerprint density at radius 3 is 2.25 bits per heavy atom. The molecule has 5 nitrogen and oxygen atoms in total. The molecule has 7 heteroatoms. The van der Waals surface area contributed by atoms with Crippen molar-refractivity contribution in [2.75, 3.05) is 0 Å². The number of hydrogen-bond acceptors (Lipinski definition) is 3. The van der Waals surface area contributed by atoms with Gasteiger partial charge in [0.1, 0.15) is 13.5 Å².